The van der Waals surface area contributed by atoms with E-state index < -0.39 is 0 Å². The molecule has 0 fully saturated rings. The molecule has 0 unspecified atom stereocenters. The summed E-state index contributed by atoms with van der Waals surface area (Å²) in [5.74, 6) is 0. The summed E-state index contributed by atoms with van der Waals surface area (Å²) < 4.78 is 0.874. The molecule has 0 aromatic carbocycles. The lowest BCUT2D eigenvalue weighted by atomic mass is 10.2. The summed E-state index contributed by atoms with van der Waals surface area (Å²) in [6.07, 6.45) is 4.99. The summed E-state index contributed by atoms with van der Waals surface area (Å²) in [5.41, 5.74) is 0.865. The van der Waals surface area contributed by atoms with Crippen LogP contribution in [0.4, 0.5) is 4.79 Å². The van der Waals surface area contributed by atoms with Crippen LogP contribution in [0.5, 0.6) is 0 Å². The molecule has 1 aromatic heterocycles. The van der Waals surface area contributed by atoms with E-state index in [-0.39, 0.29) is 6.03 Å². The third-order valence-electron chi connectivity index (χ3n) is 2.16. The minimum Gasteiger partial charge on any atom is -0.338 e. The molecular weight excluding hydrogens is 272 g/mol. The van der Waals surface area contributed by atoms with Gasteiger partial charge in [0.15, 0.2) is 0 Å². The maximum atomic E-state index is 11.3. The standard InChI is InChI=1S/C10H17BrN4O/c1-2-3-4-5-12-10(16)13-7-9-8(11)6-14-15-9/h6H,2-5,7H2,1H3,(H,14,15)(H2,12,13,16). The van der Waals surface area contributed by atoms with E-state index in [1.807, 2.05) is 0 Å². The monoisotopic (exact) mass is 288 g/mol. The van der Waals surface area contributed by atoms with Crippen molar-refractivity contribution in [3.8, 4) is 0 Å². The molecule has 0 radical (unpaired) electrons. The van der Waals surface area contributed by atoms with Crippen molar-refractivity contribution in [1.82, 2.24) is 20.8 Å². The van der Waals surface area contributed by atoms with Crippen molar-refractivity contribution in [3.05, 3.63) is 16.4 Å². The highest BCUT2D eigenvalue weighted by atomic mass is 79.9. The number of nitrogens with zero attached hydrogens (tertiary/aromatic N) is 1. The molecule has 2 amide bonds. The van der Waals surface area contributed by atoms with Gasteiger partial charge in [-0.05, 0) is 22.4 Å². The molecule has 0 aliphatic heterocycles. The number of nitrogens with one attached hydrogen (secondary N) is 3. The molecule has 5 nitrogen and oxygen atoms in total. The van der Waals surface area contributed by atoms with Crippen LogP contribution in [0.3, 0.4) is 0 Å². The maximum absolute atomic E-state index is 11.3. The van der Waals surface area contributed by atoms with Gasteiger partial charge in [0.1, 0.15) is 0 Å². The first-order valence-electron chi connectivity index (χ1n) is 5.43. The Kier molecular flexibility index (Phi) is 5.92. The SMILES string of the molecule is CCCCCNC(=O)NCc1[nH]ncc1Br. The molecule has 0 aliphatic rings. The van der Waals surface area contributed by atoms with Gasteiger partial charge >= 0.3 is 6.03 Å². The summed E-state index contributed by atoms with van der Waals surface area (Å²) >= 11 is 3.32. The Morgan fingerprint density at radius 1 is 1.50 bits per heavy atom. The van der Waals surface area contributed by atoms with Crippen LogP contribution in [-0.2, 0) is 6.54 Å². The molecule has 1 heterocycles. The maximum Gasteiger partial charge on any atom is 0.315 e. The van der Waals surface area contributed by atoms with Gasteiger partial charge in [-0.15, -0.1) is 0 Å². The number of H-pyrrole nitrogens is 1. The van der Waals surface area contributed by atoms with Gasteiger partial charge in [0, 0.05) is 6.54 Å². The first-order valence-corrected chi connectivity index (χ1v) is 6.22. The van der Waals surface area contributed by atoms with Crippen LogP contribution in [0.15, 0.2) is 10.7 Å². The first-order chi connectivity index (χ1) is 7.74. The van der Waals surface area contributed by atoms with E-state index in [4.69, 9.17) is 0 Å². The fraction of sp³-hybridized carbons (Fsp3) is 0.600. The Hall–Kier alpha value is -1.04. The van der Waals surface area contributed by atoms with Crippen molar-refractivity contribution in [3.63, 3.8) is 0 Å². The van der Waals surface area contributed by atoms with E-state index in [2.05, 4.69) is 43.7 Å². The molecule has 0 spiro atoms. The summed E-state index contributed by atoms with van der Waals surface area (Å²) in [5, 5.41) is 12.2. The molecule has 0 bridgehead atoms. The number of rotatable bonds is 6. The summed E-state index contributed by atoms with van der Waals surface area (Å²) in [6, 6.07) is -0.141. The van der Waals surface area contributed by atoms with Crippen LogP contribution >= 0.6 is 15.9 Å². The Bertz CT molecular complexity index is 326. The van der Waals surface area contributed by atoms with Crippen molar-refractivity contribution in [2.24, 2.45) is 0 Å². The molecule has 3 N–H and O–H groups in total. The Balaban J connectivity index is 2.13. The normalized spacial score (nSPS) is 10.1. The third kappa shape index (κ3) is 4.65. The molecule has 1 rings (SSSR count). The highest BCUT2D eigenvalue weighted by molar-refractivity contribution is 9.10. The Morgan fingerprint density at radius 2 is 2.31 bits per heavy atom. The van der Waals surface area contributed by atoms with Crippen LogP contribution in [0.1, 0.15) is 31.9 Å². The highest BCUT2D eigenvalue weighted by Crippen LogP contribution is 2.11. The van der Waals surface area contributed by atoms with Crippen molar-refractivity contribution in [1.29, 1.82) is 0 Å². The number of urea groups is 1. The average Bonchev–Trinajstić information content (AvgIpc) is 2.67. The zero-order chi connectivity index (χ0) is 11.8. The van der Waals surface area contributed by atoms with Gasteiger partial charge in [-0.1, -0.05) is 19.8 Å². The molecule has 90 valence electrons. The average molecular weight is 289 g/mol. The number of halogens is 1. The molecule has 0 saturated carbocycles. The van der Waals surface area contributed by atoms with E-state index in [0.717, 1.165) is 36.0 Å². The first kappa shape index (κ1) is 13.0. The molecule has 1 aromatic rings. The third-order valence-corrected chi connectivity index (χ3v) is 2.84. The van der Waals surface area contributed by atoms with Crippen LogP contribution in [-0.4, -0.2) is 22.8 Å². The van der Waals surface area contributed by atoms with E-state index >= 15 is 0 Å². The van der Waals surface area contributed by atoms with Gasteiger partial charge in [-0.25, -0.2) is 4.79 Å². The lowest BCUT2D eigenvalue weighted by molar-refractivity contribution is 0.240. The fourth-order valence-electron chi connectivity index (χ4n) is 1.23. The second-order valence-electron chi connectivity index (χ2n) is 3.51. The zero-order valence-corrected chi connectivity index (χ0v) is 10.9. The van der Waals surface area contributed by atoms with Crippen LogP contribution in [0.25, 0.3) is 0 Å². The number of unbranched alkanes of at least 4 members (excludes halogenated alkanes) is 2. The van der Waals surface area contributed by atoms with Crippen molar-refractivity contribution >= 4 is 22.0 Å². The number of hydrogen-bond acceptors (Lipinski definition) is 2. The number of carbonyl (C=O) groups is 1. The van der Waals surface area contributed by atoms with Gasteiger partial charge in [0.2, 0.25) is 0 Å². The summed E-state index contributed by atoms with van der Waals surface area (Å²) in [6.45, 7) is 3.31. The Labute approximate surface area is 104 Å². The van der Waals surface area contributed by atoms with E-state index in [0.29, 0.717) is 6.54 Å². The van der Waals surface area contributed by atoms with E-state index in [1.54, 1.807) is 6.20 Å². The molecule has 0 atom stereocenters. The number of aromatic amines is 1. The van der Waals surface area contributed by atoms with Crippen molar-refractivity contribution in [2.45, 2.75) is 32.7 Å². The minimum atomic E-state index is -0.141. The van der Waals surface area contributed by atoms with E-state index in [1.165, 1.54) is 0 Å². The second-order valence-corrected chi connectivity index (χ2v) is 4.37. The van der Waals surface area contributed by atoms with E-state index in [9.17, 15) is 4.79 Å². The van der Waals surface area contributed by atoms with Gasteiger partial charge in [-0.2, -0.15) is 5.10 Å². The quantitative estimate of drug-likeness (QED) is 0.702. The van der Waals surface area contributed by atoms with Crippen LogP contribution in [0.2, 0.25) is 0 Å². The number of hydrogen-bond donors (Lipinski definition) is 3. The Morgan fingerprint density at radius 3 is 2.94 bits per heavy atom. The summed E-state index contributed by atoms with van der Waals surface area (Å²) in [4.78, 5) is 11.3. The number of amides is 2. The van der Waals surface area contributed by atoms with Crippen molar-refractivity contribution in [2.75, 3.05) is 6.54 Å². The largest absolute Gasteiger partial charge is 0.338 e. The molecular formula is C10H17BrN4O. The molecule has 6 heteroatoms. The van der Waals surface area contributed by atoms with Crippen LogP contribution in [0, 0.1) is 0 Å². The number of carbonyl (C=O) groups excluding carboxylic acids is 1. The number of aromatic nitrogens is 2. The van der Waals surface area contributed by atoms with Gasteiger partial charge < -0.3 is 10.6 Å². The van der Waals surface area contributed by atoms with Gasteiger partial charge in [0.25, 0.3) is 0 Å². The van der Waals surface area contributed by atoms with Gasteiger partial charge in [-0.3, -0.25) is 5.10 Å². The second kappa shape index (κ2) is 7.27. The lowest BCUT2D eigenvalue weighted by Gasteiger charge is -2.06. The molecule has 16 heavy (non-hydrogen) atoms. The minimum absolute atomic E-state index is 0.141. The molecule has 0 aliphatic carbocycles. The summed E-state index contributed by atoms with van der Waals surface area (Å²) in [7, 11) is 0. The topological polar surface area (TPSA) is 69.8 Å². The lowest BCUT2D eigenvalue weighted by Crippen LogP contribution is -2.35. The fourth-order valence-corrected chi connectivity index (χ4v) is 1.56. The highest BCUT2D eigenvalue weighted by Gasteiger charge is 2.03. The zero-order valence-electron chi connectivity index (χ0n) is 9.35. The predicted octanol–water partition coefficient (Wildman–Crippen LogP) is 2.16. The van der Waals surface area contributed by atoms with Gasteiger partial charge in [0.05, 0.1) is 22.9 Å². The van der Waals surface area contributed by atoms with Crippen molar-refractivity contribution < 1.29 is 4.79 Å². The molecule has 0 saturated heterocycles. The smallest absolute Gasteiger partial charge is 0.315 e. The van der Waals surface area contributed by atoms with Crippen LogP contribution < -0.4 is 10.6 Å². The predicted molar refractivity (Wildman–Crippen MR) is 66.1 cm³/mol.